The molecule has 2 fully saturated rings. The molecular weight excluding hydrogens is 134 g/mol. The fraction of sp³-hybridized carbons (Fsp3) is 0.800. The van der Waals surface area contributed by atoms with Gasteiger partial charge in [0.25, 0.3) is 0 Å². The molecule has 11 heavy (non-hydrogen) atoms. The highest BCUT2D eigenvalue weighted by Crippen LogP contribution is 2.47. The second-order valence-electron chi connectivity index (χ2n) is 4.09. The molecule has 1 saturated carbocycles. The van der Waals surface area contributed by atoms with Crippen LogP contribution < -0.4 is 0 Å². The molecule has 1 heteroatoms. The minimum absolute atomic E-state index is 0.807. The summed E-state index contributed by atoms with van der Waals surface area (Å²) in [6.45, 7) is 6.02. The predicted molar refractivity (Wildman–Crippen MR) is 47.5 cm³/mol. The smallest absolute Gasteiger partial charge is 0.0163 e. The Balaban J connectivity index is 1.71. The predicted octanol–water partition coefficient (Wildman–Crippen LogP) is 2.05. The van der Waals surface area contributed by atoms with E-state index in [-0.39, 0.29) is 0 Å². The van der Waals surface area contributed by atoms with Crippen LogP contribution in [0.25, 0.3) is 0 Å². The molecule has 1 aliphatic heterocycles. The first kappa shape index (κ1) is 7.35. The van der Waals surface area contributed by atoms with Crippen molar-refractivity contribution >= 4 is 0 Å². The highest BCUT2D eigenvalue weighted by molar-refractivity contribution is 5.02. The van der Waals surface area contributed by atoms with Gasteiger partial charge in [0.1, 0.15) is 0 Å². The van der Waals surface area contributed by atoms with E-state index in [4.69, 9.17) is 0 Å². The van der Waals surface area contributed by atoms with Gasteiger partial charge < -0.3 is 0 Å². The van der Waals surface area contributed by atoms with Crippen molar-refractivity contribution in [3.63, 3.8) is 0 Å². The lowest BCUT2D eigenvalue weighted by Crippen LogP contribution is -2.59. The number of hydrogen-bond donors (Lipinski definition) is 0. The van der Waals surface area contributed by atoms with Crippen LogP contribution in [-0.4, -0.2) is 24.5 Å². The fourth-order valence-electron chi connectivity index (χ4n) is 2.28. The Labute approximate surface area is 69.1 Å². The molecule has 62 valence electrons. The minimum atomic E-state index is 0.807. The maximum atomic E-state index is 2.54. The molecule has 0 bridgehead atoms. The first-order chi connectivity index (χ1) is 5.35. The van der Waals surface area contributed by atoms with Crippen LogP contribution >= 0.6 is 0 Å². The quantitative estimate of drug-likeness (QED) is 0.546. The van der Waals surface area contributed by atoms with Crippen LogP contribution in [0.2, 0.25) is 0 Å². The van der Waals surface area contributed by atoms with Crippen LogP contribution in [0, 0.1) is 5.41 Å². The molecule has 0 N–H and O–H groups in total. The normalized spacial score (nSPS) is 28.8. The van der Waals surface area contributed by atoms with Crippen molar-refractivity contribution in [1.82, 2.24) is 4.90 Å². The Morgan fingerprint density at radius 3 is 2.55 bits per heavy atom. The molecule has 0 aromatic rings. The Hall–Kier alpha value is -0.300. The van der Waals surface area contributed by atoms with Gasteiger partial charge in [0.15, 0.2) is 0 Å². The summed E-state index contributed by atoms with van der Waals surface area (Å²) >= 11 is 0. The second kappa shape index (κ2) is 2.63. The van der Waals surface area contributed by atoms with Gasteiger partial charge in [-0.1, -0.05) is 18.6 Å². The summed E-state index contributed by atoms with van der Waals surface area (Å²) in [5, 5.41) is 0. The highest BCUT2D eigenvalue weighted by Gasteiger charge is 2.46. The van der Waals surface area contributed by atoms with Crippen molar-refractivity contribution in [2.24, 2.45) is 5.41 Å². The monoisotopic (exact) mass is 151 g/mol. The van der Waals surface area contributed by atoms with E-state index >= 15 is 0 Å². The van der Waals surface area contributed by atoms with E-state index in [0.29, 0.717) is 0 Å². The molecule has 0 atom stereocenters. The number of nitrogens with zero attached hydrogens (tertiary/aromatic N) is 1. The van der Waals surface area contributed by atoms with Crippen molar-refractivity contribution in [2.75, 3.05) is 19.6 Å². The number of hydrogen-bond acceptors (Lipinski definition) is 1. The van der Waals surface area contributed by atoms with E-state index in [1.54, 1.807) is 0 Å². The number of rotatable bonds is 2. The lowest BCUT2D eigenvalue weighted by atomic mass is 9.63. The third kappa shape index (κ3) is 1.22. The van der Waals surface area contributed by atoms with Crippen LogP contribution in [0.5, 0.6) is 0 Å². The third-order valence-electron chi connectivity index (χ3n) is 3.13. The van der Waals surface area contributed by atoms with Crippen LogP contribution in [0.15, 0.2) is 12.2 Å². The van der Waals surface area contributed by atoms with Gasteiger partial charge in [-0.05, 0) is 25.2 Å². The lowest BCUT2D eigenvalue weighted by Gasteiger charge is -2.56. The van der Waals surface area contributed by atoms with Crippen molar-refractivity contribution in [1.29, 1.82) is 0 Å². The molecule has 0 aromatic heterocycles. The summed E-state index contributed by atoms with van der Waals surface area (Å²) in [6.07, 6.45) is 8.88. The molecular formula is C10H17N. The molecule has 2 aliphatic rings. The van der Waals surface area contributed by atoms with Gasteiger partial charge in [0, 0.05) is 19.6 Å². The molecule has 0 unspecified atom stereocenters. The van der Waals surface area contributed by atoms with E-state index in [9.17, 15) is 0 Å². The zero-order chi connectivity index (χ0) is 7.73. The third-order valence-corrected chi connectivity index (χ3v) is 3.13. The first-order valence-electron chi connectivity index (χ1n) is 4.68. The molecule has 0 radical (unpaired) electrons. The maximum Gasteiger partial charge on any atom is 0.0163 e. The summed E-state index contributed by atoms with van der Waals surface area (Å²) in [5.41, 5.74) is 0.807. The van der Waals surface area contributed by atoms with Crippen LogP contribution in [-0.2, 0) is 0 Å². The van der Waals surface area contributed by atoms with Crippen molar-refractivity contribution in [2.45, 2.75) is 26.2 Å². The van der Waals surface area contributed by atoms with E-state index in [0.717, 1.165) is 5.41 Å². The Bertz CT molecular complexity index is 160. The van der Waals surface area contributed by atoms with Crippen molar-refractivity contribution in [3.8, 4) is 0 Å². The zero-order valence-corrected chi connectivity index (χ0v) is 7.34. The molecule has 0 amide bonds. The molecule has 2 rings (SSSR count). The van der Waals surface area contributed by atoms with Crippen molar-refractivity contribution < 1.29 is 0 Å². The van der Waals surface area contributed by atoms with E-state index < -0.39 is 0 Å². The zero-order valence-electron chi connectivity index (χ0n) is 7.34. The maximum absolute atomic E-state index is 2.54. The summed E-state index contributed by atoms with van der Waals surface area (Å²) in [5.74, 6) is 0. The summed E-state index contributed by atoms with van der Waals surface area (Å²) in [7, 11) is 0. The SMILES string of the molecule is C/C=C/CN1CC2(CCC2)C1. The molecule has 1 aliphatic carbocycles. The molecule has 1 spiro atoms. The topological polar surface area (TPSA) is 3.24 Å². The van der Waals surface area contributed by atoms with Crippen LogP contribution in [0.4, 0.5) is 0 Å². The van der Waals surface area contributed by atoms with Gasteiger partial charge in [-0.2, -0.15) is 0 Å². The summed E-state index contributed by atoms with van der Waals surface area (Å²) < 4.78 is 0. The van der Waals surface area contributed by atoms with Crippen molar-refractivity contribution in [3.05, 3.63) is 12.2 Å². The molecule has 0 aromatic carbocycles. The highest BCUT2D eigenvalue weighted by atomic mass is 15.2. The molecule has 1 heterocycles. The van der Waals surface area contributed by atoms with Gasteiger partial charge in [0.2, 0.25) is 0 Å². The largest absolute Gasteiger partial charge is 0.298 e. The Morgan fingerprint density at radius 1 is 1.36 bits per heavy atom. The summed E-state index contributed by atoms with van der Waals surface area (Å²) in [4.78, 5) is 2.54. The van der Waals surface area contributed by atoms with E-state index in [1.165, 1.54) is 38.9 Å². The Kier molecular flexibility index (Phi) is 1.76. The average Bonchev–Trinajstić information content (AvgIpc) is 1.81. The van der Waals surface area contributed by atoms with Gasteiger partial charge in [-0.3, -0.25) is 4.90 Å². The standard InChI is InChI=1S/C10H17N/c1-2-3-7-11-8-10(9-11)5-4-6-10/h2-3H,4-9H2,1H3/b3-2+. The lowest BCUT2D eigenvalue weighted by molar-refractivity contribution is -0.0528. The van der Waals surface area contributed by atoms with Gasteiger partial charge in [-0.15, -0.1) is 0 Å². The molecule has 1 nitrogen and oxygen atoms in total. The average molecular weight is 151 g/mol. The first-order valence-corrected chi connectivity index (χ1v) is 4.68. The Morgan fingerprint density at radius 2 is 2.09 bits per heavy atom. The van der Waals surface area contributed by atoms with Gasteiger partial charge in [0.05, 0.1) is 0 Å². The summed E-state index contributed by atoms with van der Waals surface area (Å²) in [6, 6.07) is 0. The van der Waals surface area contributed by atoms with Gasteiger partial charge in [-0.25, -0.2) is 0 Å². The fourth-order valence-corrected chi connectivity index (χ4v) is 2.28. The van der Waals surface area contributed by atoms with Crippen LogP contribution in [0.3, 0.4) is 0 Å². The molecule has 1 saturated heterocycles. The second-order valence-corrected chi connectivity index (χ2v) is 4.09. The van der Waals surface area contributed by atoms with Gasteiger partial charge >= 0.3 is 0 Å². The number of allylic oxidation sites excluding steroid dienone is 1. The van der Waals surface area contributed by atoms with Crippen LogP contribution in [0.1, 0.15) is 26.2 Å². The minimum Gasteiger partial charge on any atom is -0.298 e. The van der Waals surface area contributed by atoms with E-state index in [2.05, 4.69) is 24.0 Å². The van der Waals surface area contributed by atoms with E-state index in [1.807, 2.05) is 0 Å². The number of likely N-dealkylation sites (tertiary alicyclic amines) is 1.